The lowest BCUT2D eigenvalue weighted by molar-refractivity contribution is -0.127. The van der Waals surface area contributed by atoms with Gasteiger partial charge in [0.15, 0.2) is 0 Å². The number of benzene rings is 2. The fraction of sp³-hybridized carbons (Fsp3) is 0.136. The number of rotatable bonds is 7. The second-order valence-corrected chi connectivity index (χ2v) is 7.68. The van der Waals surface area contributed by atoms with Crippen LogP contribution in [0.5, 0.6) is 5.75 Å². The number of nitrogens with two attached hydrogens (primary N) is 1. The van der Waals surface area contributed by atoms with Crippen LogP contribution in [-0.2, 0) is 16.1 Å². The lowest BCUT2D eigenvalue weighted by atomic mass is 10.1. The van der Waals surface area contributed by atoms with Crippen molar-refractivity contribution < 1.29 is 19.1 Å². The number of fused-ring (bicyclic) bond motifs is 1. The van der Waals surface area contributed by atoms with E-state index in [-0.39, 0.29) is 4.91 Å². The lowest BCUT2D eigenvalue weighted by Gasteiger charge is -2.08. The molecule has 0 saturated carbocycles. The Kier molecular flexibility index (Phi) is 5.58. The number of imide groups is 1. The van der Waals surface area contributed by atoms with Crippen molar-refractivity contribution in [1.82, 2.24) is 9.47 Å². The van der Waals surface area contributed by atoms with Crippen LogP contribution in [0.15, 0.2) is 65.7 Å². The molecule has 1 saturated heterocycles. The minimum absolute atomic E-state index is 0.268. The molecule has 0 radical (unpaired) electrons. The number of carbonyl (C=O) groups is 3. The van der Waals surface area contributed by atoms with Crippen LogP contribution in [0, 0.1) is 0 Å². The molecule has 0 unspecified atom stereocenters. The van der Waals surface area contributed by atoms with E-state index in [1.807, 2.05) is 60.8 Å². The maximum absolute atomic E-state index is 12.5. The maximum atomic E-state index is 12.5. The van der Waals surface area contributed by atoms with Gasteiger partial charge < -0.3 is 15.0 Å². The highest BCUT2D eigenvalue weighted by atomic mass is 32.2. The summed E-state index contributed by atoms with van der Waals surface area (Å²) in [7, 11) is 0. The molecule has 2 N–H and O–H groups in total. The Bertz CT molecular complexity index is 1150. The molecule has 2 heterocycles. The van der Waals surface area contributed by atoms with Crippen molar-refractivity contribution in [1.29, 1.82) is 0 Å². The first-order chi connectivity index (χ1) is 14.5. The minimum atomic E-state index is -0.728. The Morgan fingerprint density at radius 3 is 2.57 bits per heavy atom. The molecule has 0 bridgehead atoms. The lowest BCUT2D eigenvalue weighted by Crippen LogP contribution is -2.36. The molecule has 0 spiro atoms. The number of ether oxygens (including phenoxy) is 1. The fourth-order valence-corrected chi connectivity index (χ4v) is 4.12. The summed E-state index contributed by atoms with van der Waals surface area (Å²) in [4.78, 5) is 36.8. The van der Waals surface area contributed by atoms with Crippen LogP contribution in [0.25, 0.3) is 17.0 Å². The van der Waals surface area contributed by atoms with Crippen LogP contribution in [0.4, 0.5) is 4.79 Å². The summed E-state index contributed by atoms with van der Waals surface area (Å²) in [6.07, 6.45) is 3.61. The van der Waals surface area contributed by atoms with Crippen molar-refractivity contribution in [3.8, 4) is 5.75 Å². The average Bonchev–Trinajstić information content (AvgIpc) is 3.21. The molecule has 1 aliphatic rings. The second kappa shape index (κ2) is 8.46. The molecule has 0 atom stereocenters. The summed E-state index contributed by atoms with van der Waals surface area (Å²) < 4.78 is 7.85. The Morgan fingerprint density at radius 1 is 1.07 bits per heavy atom. The summed E-state index contributed by atoms with van der Waals surface area (Å²) in [5.74, 6) is -0.432. The predicted molar refractivity (Wildman–Crippen MR) is 116 cm³/mol. The van der Waals surface area contributed by atoms with E-state index in [1.54, 1.807) is 6.08 Å². The first-order valence-electron chi connectivity index (χ1n) is 9.32. The van der Waals surface area contributed by atoms with E-state index < -0.39 is 23.6 Å². The first kappa shape index (κ1) is 19.8. The van der Waals surface area contributed by atoms with Crippen LogP contribution in [0.2, 0.25) is 0 Å². The van der Waals surface area contributed by atoms with Crippen molar-refractivity contribution in [2.24, 2.45) is 5.73 Å². The normalized spacial score (nSPS) is 15.3. The number of nitrogens with zero attached hydrogens (tertiary/aromatic N) is 2. The zero-order chi connectivity index (χ0) is 21.1. The molecule has 30 heavy (non-hydrogen) atoms. The number of hydrogen-bond acceptors (Lipinski definition) is 5. The number of amides is 3. The molecule has 7 nitrogen and oxygen atoms in total. The Hall–Kier alpha value is -3.52. The predicted octanol–water partition coefficient (Wildman–Crippen LogP) is 3.24. The smallest absolute Gasteiger partial charge is 0.294 e. The van der Waals surface area contributed by atoms with Gasteiger partial charge in [-0.05, 0) is 36.0 Å². The molecule has 152 valence electrons. The number of para-hydroxylation sites is 2. The first-order valence-corrected chi connectivity index (χ1v) is 10.1. The number of thioether (sulfide) groups is 1. The Morgan fingerprint density at radius 2 is 1.80 bits per heavy atom. The monoisotopic (exact) mass is 421 g/mol. The molecule has 3 amide bonds. The van der Waals surface area contributed by atoms with Crippen LogP contribution in [0.1, 0.15) is 5.56 Å². The second-order valence-electron chi connectivity index (χ2n) is 6.69. The van der Waals surface area contributed by atoms with Crippen molar-refractivity contribution in [2.45, 2.75) is 6.54 Å². The SMILES string of the molecule is NC(=O)CN1C(=O)S/C(=C\c2cn(CCOc3ccccc3)c3ccccc23)C1=O. The molecule has 3 aromatic rings. The van der Waals surface area contributed by atoms with Crippen molar-refractivity contribution >= 4 is 45.8 Å². The van der Waals surface area contributed by atoms with Crippen LogP contribution >= 0.6 is 11.8 Å². The molecule has 1 fully saturated rings. The average molecular weight is 421 g/mol. The number of primary amides is 1. The van der Waals surface area contributed by atoms with Gasteiger partial charge in [0.25, 0.3) is 11.1 Å². The standard InChI is InChI=1S/C22H19N3O4S/c23-20(26)14-25-21(27)19(30-22(25)28)12-15-13-24(18-9-5-4-8-17(15)18)10-11-29-16-6-2-1-3-7-16/h1-9,12-13H,10-11,14H2,(H2,23,26)/b19-12-. The molecule has 1 aliphatic heterocycles. The van der Waals surface area contributed by atoms with E-state index in [0.717, 1.165) is 38.9 Å². The van der Waals surface area contributed by atoms with Gasteiger partial charge in [0.2, 0.25) is 5.91 Å². The number of carbonyl (C=O) groups excluding carboxylic acids is 3. The zero-order valence-electron chi connectivity index (χ0n) is 16.0. The fourth-order valence-electron chi connectivity index (χ4n) is 3.29. The van der Waals surface area contributed by atoms with Gasteiger partial charge in [-0.3, -0.25) is 19.3 Å². The minimum Gasteiger partial charge on any atom is -0.492 e. The number of hydrogen-bond donors (Lipinski definition) is 1. The van der Waals surface area contributed by atoms with E-state index in [0.29, 0.717) is 13.2 Å². The van der Waals surface area contributed by atoms with Crippen LogP contribution in [0.3, 0.4) is 0 Å². The largest absolute Gasteiger partial charge is 0.492 e. The summed E-state index contributed by atoms with van der Waals surface area (Å²) >= 11 is 0.808. The van der Waals surface area contributed by atoms with Crippen LogP contribution in [-0.4, -0.2) is 39.7 Å². The molecule has 0 aliphatic carbocycles. The van der Waals surface area contributed by atoms with Crippen molar-refractivity contribution in [3.63, 3.8) is 0 Å². The van der Waals surface area contributed by atoms with Gasteiger partial charge >= 0.3 is 0 Å². The van der Waals surface area contributed by atoms with Gasteiger partial charge in [-0.1, -0.05) is 36.4 Å². The van der Waals surface area contributed by atoms with Crippen molar-refractivity contribution in [2.75, 3.05) is 13.2 Å². The maximum Gasteiger partial charge on any atom is 0.294 e. The van der Waals surface area contributed by atoms with Gasteiger partial charge in [0.1, 0.15) is 18.9 Å². The molecule has 2 aromatic carbocycles. The molecule has 1 aromatic heterocycles. The third-order valence-electron chi connectivity index (χ3n) is 4.64. The van der Waals surface area contributed by atoms with Gasteiger partial charge in [-0.25, -0.2) is 0 Å². The van der Waals surface area contributed by atoms with Crippen LogP contribution < -0.4 is 10.5 Å². The Labute approximate surface area is 177 Å². The highest BCUT2D eigenvalue weighted by Crippen LogP contribution is 2.34. The van der Waals surface area contributed by atoms with Gasteiger partial charge in [-0.15, -0.1) is 0 Å². The van der Waals surface area contributed by atoms with E-state index in [1.165, 1.54) is 0 Å². The highest BCUT2D eigenvalue weighted by molar-refractivity contribution is 8.18. The molecular formula is C22H19N3O4S. The number of aromatic nitrogens is 1. The van der Waals surface area contributed by atoms with E-state index in [4.69, 9.17) is 10.5 Å². The van der Waals surface area contributed by atoms with Gasteiger partial charge in [0, 0.05) is 22.7 Å². The summed E-state index contributed by atoms with van der Waals surface area (Å²) in [6, 6.07) is 17.4. The van der Waals surface area contributed by atoms with Gasteiger partial charge in [0.05, 0.1) is 11.4 Å². The third-order valence-corrected chi connectivity index (χ3v) is 5.55. The quantitative estimate of drug-likeness (QED) is 0.591. The van der Waals surface area contributed by atoms with E-state index >= 15 is 0 Å². The molecule has 4 rings (SSSR count). The summed E-state index contributed by atoms with van der Waals surface area (Å²) in [5.41, 5.74) is 6.94. The molecular weight excluding hydrogens is 402 g/mol. The van der Waals surface area contributed by atoms with E-state index in [2.05, 4.69) is 4.57 Å². The van der Waals surface area contributed by atoms with Crippen molar-refractivity contribution in [3.05, 3.63) is 71.3 Å². The highest BCUT2D eigenvalue weighted by Gasteiger charge is 2.36. The Balaban J connectivity index is 1.58. The zero-order valence-corrected chi connectivity index (χ0v) is 16.8. The van der Waals surface area contributed by atoms with E-state index in [9.17, 15) is 14.4 Å². The topological polar surface area (TPSA) is 94.6 Å². The third kappa shape index (κ3) is 4.08. The summed E-state index contributed by atoms with van der Waals surface area (Å²) in [6.45, 7) is 0.685. The molecule has 8 heteroatoms. The van der Waals surface area contributed by atoms with Gasteiger partial charge in [-0.2, -0.15) is 0 Å². The summed E-state index contributed by atoms with van der Waals surface area (Å²) in [5, 5.41) is 0.462.